The van der Waals surface area contributed by atoms with Crippen LogP contribution < -0.4 is 0 Å². The van der Waals surface area contributed by atoms with Crippen LogP contribution in [0.3, 0.4) is 0 Å². The maximum absolute atomic E-state index is 11.7. The molecule has 0 aromatic heterocycles. The highest BCUT2D eigenvalue weighted by Crippen LogP contribution is 2.49. The van der Waals surface area contributed by atoms with Gasteiger partial charge in [0.1, 0.15) is 0 Å². The van der Waals surface area contributed by atoms with Crippen molar-refractivity contribution in [1.82, 2.24) is 4.90 Å². The molecule has 1 amide bonds. The van der Waals surface area contributed by atoms with Gasteiger partial charge >= 0.3 is 0 Å². The molecular formula is C15H27NO. The predicted octanol–water partition coefficient (Wildman–Crippen LogP) is 3.61. The molecule has 0 aromatic carbocycles. The van der Waals surface area contributed by atoms with Crippen molar-refractivity contribution in [2.45, 2.75) is 64.2 Å². The van der Waals surface area contributed by atoms with E-state index in [4.69, 9.17) is 0 Å². The summed E-state index contributed by atoms with van der Waals surface area (Å²) >= 11 is 0. The maximum Gasteiger partial charge on any atom is 0.222 e. The molecule has 0 unspecified atom stereocenters. The number of hydrogen-bond acceptors (Lipinski definition) is 1. The summed E-state index contributed by atoms with van der Waals surface area (Å²) in [7, 11) is 3.74. The molecule has 0 radical (unpaired) electrons. The zero-order chi connectivity index (χ0) is 12.3. The molecule has 2 nitrogen and oxygen atoms in total. The molecule has 2 saturated carbocycles. The molecule has 0 saturated heterocycles. The number of nitrogens with zero attached hydrogens (tertiary/aromatic N) is 1. The van der Waals surface area contributed by atoms with Crippen molar-refractivity contribution in [1.29, 1.82) is 0 Å². The van der Waals surface area contributed by atoms with Gasteiger partial charge in [0.15, 0.2) is 0 Å². The van der Waals surface area contributed by atoms with E-state index in [1.165, 1.54) is 57.8 Å². The van der Waals surface area contributed by atoms with Crippen molar-refractivity contribution in [3.63, 3.8) is 0 Å². The second kappa shape index (κ2) is 5.41. The minimum Gasteiger partial charge on any atom is -0.349 e. The molecule has 0 bridgehead atoms. The maximum atomic E-state index is 11.7. The van der Waals surface area contributed by atoms with Crippen LogP contribution in [0, 0.1) is 11.3 Å². The van der Waals surface area contributed by atoms with Crippen LogP contribution in [-0.2, 0) is 4.79 Å². The lowest BCUT2D eigenvalue weighted by Gasteiger charge is -2.43. The fourth-order valence-corrected chi connectivity index (χ4v) is 3.73. The van der Waals surface area contributed by atoms with E-state index >= 15 is 0 Å². The first-order valence-electron chi connectivity index (χ1n) is 7.31. The summed E-state index contributed by atoms with van der Waals surface area (Å²) in [5.41, 5.74) is 0.690. The molecule has 2 heteroatoms. The number of carbonyl (C=O) groups is 1. The molecule has 0 heterocycles. The standard InChI is InChI=1S/C15H27NO/c1-16(2)14(17)12-13-6-10-15(11-7-13)8-4-3-5-9-15/h13H,3-12H2,1-2H3. The van der Waals surface area contributed by atoms with Crippen LogP contribution in [0.4, 0.5) is 0 Å². The predicted molar refractivity (Wildman–Crippen MR) is 70.8 cm³/mol. The first-order valence-corrected chi connectivity index (χ1v) is 7.31. The van der Waals surface area contributed by atoms with Gasteiger partial charge in [-0.25, -0.2) is 0 Å². The van der Waals surface area contributed by atoms with Gasteiger partial charge in [0.05, 0.1) is 0 Å². The Morgan fingerprint density at radius 2 is 1.65 bits per heavy atom. The fraction of sp³-hybridized carbons (Fsp3) is 0.933. The van der Waals surface area contributed by atoms with E-state index in [1.54, 1.807) is 4.90 Å². The Labute approximate surface area is 106 Å². The van der Waals surface area contributed by atoms with Crippen molar-refractivity contribution in [3.05, 3.63) is 0 Å². The SMILES string of the molecule is CN(C)C(=O)CC1CCC2(CCCCC2)CC1. The summed E-state index contributed by atoms with van der Waals surface area (Å²) in [6.07, 6.45) is 13.4. The monoisotopic (exact) mass is 237 g/mol. The van der Waals surface area contributed by atoms with Crippen LogP contribution in [0.2, 0.25) is 0 Å². The van der Waals surface area contributed by atoms with Crippen molar-refractivity contribution >= 4 is 5.91 Å². The highest BCUT2D eigenvalue weighted by atomic mass is 16.2. The topological polar surface area (TPSA) is 20.3 Å². The van der Waals surface area contributed by atoms with E-state index in [1.807, 2.05) is 14.1 Å². The number of amides is 1. The minimum absolute atomic E-state index is 0.314. The van der Waals surface area contributed by atoms with E-state index in [9.17, 15) is 4.79 Å². The number of rotatable bonds is 2. The average Bonchev–Trinajstić information content (AvgIpc) is 2.33. The molecule has 0 aromatic rings. The molecule has 2 fully saturated rings. The zero-order valence-electron chi connectivity index (χ0n) is 11.5. The zero-order valence-corrected chi connectivity index (χ0v) is 11.5. The van der Waals surface area contributed by atoms with Crippen LogP contribution in [-0.4, -0.2) is 24.9 Å². The Morgan fingerprint density at radius 3 is 2.18 bits per heavy atom. The Hall–Kier alpha value is -0.530. The summed E-state index contributed by atoms with van der Waals surface area (Å²) < 4.78 is 0. The van der Waals surface area contributed by atoms with Gasteiger partial charge in [0.2, 0.25) is 5.91 Å². The highest BCUT2D eigenvalue weighted by Gasteiger charge is 2.36. The third kappa shape index (κ3) is 3.23. The van der Waals surface area contributed by atoms with E-state index < -0.39 is 0 Å². The number of carbonyl (C=O) groups excluding carboxylic acids is 1. The molecule has 17 heavy (non-hydrogen) atoms. The average molecular weight is 237 g/mol. The summed E-state index contributed by atoms with van der Waals surface area (Å²) in [5.74, 6) is 0.979. The van der Waals surface area contributed by atoms with Crippen LogP contribution in [0.25, 0.3) is 0 Å². The second-order valence-corrected chi connectivity index (χ2v) is 6.50. The number of hydrogen-bond donors (Lipinski definition) is 0. The van der Waals surface area contributed by atoms with Crippen LogP contribution in [0.1, 0.15) is 64.2 Å². The minimum atomic E-state index is 0.314. The molecule has 0 atom stereocenters. The summed E-state index contributed by atoms with van der Waals surface area (Å²) in [4.78, 5) is 13.4. The van der Waals surface area contributed by atoms with E-state index in [0.717, 1.165) is 6.42 Å². The van der Waals surface area contributed by atoms with Gasteiger partial charge in [-0.05, 0) is 49.9 Å². The van der Waals surface area contributed by atoms with Crippen LogP contribution in [0.15, 0.2) is 0 Å². The Balaban J connectivity index is 1.79. The third-order valence-corrected chi connectivity index (χ3v) is 5.04. The van der Waals surface area contributed by atoms with Gasteiger partial charge in [-0.3, -0.25) is 4.79 Å². The van der Waals surface area contributed by atoms with E-state index in [2.05, 4.69) is 0 Å². The smallest absolute Gasteiger partial charge is 0.222 e. The molecule has 1 spiro atoms. The molecule has 98 valence electrons. The first-order chi connectivity index (χ1) is 8.11. The lowest BCUT2D eigenvalue weighted by molar-refractivity contribution is -0.130. The molecule has 2 rings (SSSR count). The van der Waals surface area contributed by atoms with Crippen molar-refractivity contribution < 1.29 is 4.79 Å². The lowest BCUT2D eigenvalue weighted by atomic mass is 9.63. The fourth-order valence-electron chi connectivity index (χ4n) is 3.73. The lowest BCUT2D eigenvalue weighted by Crippen LogP contribution is -2.32. The summed E-state index contributed by atoms with van der Waals surface area (Å²) in [5, 5.41) is 0. The van der Waals surface area contributed by atoms with E-state index in [-0.39, 0.29) is 0 Å². The van der Waals surface area contributed by atoms with Gasteiger partial charge < -0.3 is 4.90 Å². The molecular weight excluding hydrogens is 210 g/mol. The second-order valence-electron chi connectivity index (χ2n) is 6.50. The Morgan fingerprint density at radius 1 is 1.06 bits per heavy atom. The van der Waals surface area contributed by atoms with Crippen molar-refractivity contribution in [3.8, 4) is 0 Å². The van der Waals surface area contributed by atoms with Gasteiger partial charge in [-0.2, -0.15) is 0 Å². The highest BCUT2D eigenvalue weighted by molar-refractivity contribution is 5.75. The Bertz CT molecular complexity index is 256. The van der Waals surface area contributed by atoms with Gasteiger partial charge in [-0.1, -0.05) is 19.3 Å². The van der Waals surface area contributed by atoms with Crippen molar-refractivity contribution in [2.75, 3.05) is 14.1 Å². The molecule has 2 aliphatic rings. The normalized spacial score (nSPS) is 24.8. The molecule has 0 N–H and O–H groups in total. The molecule has 2 aliphatic carbocycles. The Kier molecular flexibility index (Phi) is 4.11. The molecule has 0 aliphatic heterocycles. The third-order valence-electron chi connectivity index (χ3n) is 5.04. The first kappa shape index (κ1) is 12.9. The van der Waals surface area contributed by atoms with Gasteiger partial charge in [-0.15, -0.1) is 0 Å². The van der Waals surface area contributed by atoms with Gasteiger partial charge in [0, 0.05) is 20.5 Å². The van der Waals surface area contributed by atoms with Crippen LogP contribution in [0.5, 0.6) is 0 Å². The largest absolute Gasteiger partial charge is 0.349 e. The van der Waals surface area contributed by atoms with E-state index in [0.29, 0.717) is 17.2 Å². The van der Waals surface area contributed by atoms with Crippen molar-refractivity contribution in [2.24, 2.45) is 11.3 Å². The summed E-state index contributed by atoms with van der Waals surface area (Å²) in [6, 6.07) is 0. The van der Waals surface area contributed by atoms with Gasteiger partial charge in [0.25, 0.3) is 0 Å². The summed E-state index contributed by atoms with van der Waals surface area (Å²) in [6.45, 7) is 0. The quantitative estimate of drug-likeness (QED) is 0.718. The van der Waals surface area contributed by atoms with Crippen LogP contribution >= 0.6 is 0 Å².